The van der Waals surface area contributed by atoms with Gasteiger partial charge >= 0.3 is 5.69 Å². The van der Waals surface area contributed by atoms with Crippen molar-refractivity contribution in [3.63, 3.8) is 0 Å². The Morgan fingerprint density at radius 1 is 1.11 bits per heavy atom. The highest BCUT2D eigenvalue weighted by molar-refractivity contribution is 5.87. The standard InChI is InChI=1S/C28H33N5O2/c1-18(2)24-16-30-26-23(24)12-20(14-29-26)21-13-25-27(31-15-21)33(22-6-4-3-5-7-22)28(34)32(25)17-19-8-10-35-11-9-19/h6,12-16,18-19H,3-5,7-11,17H2,1-2H3,(H,29,30). The lowest BCUT2D eigenvalue weighted by Gasteiger charge is -2.22. The van der Waals surface area contributed by atoms with Gasteiger partial charge in [0.15, 0.2) is 5.65 Å². The van der Waals surface area contributed by atoms with Crippen molar-refractivity contribution >= 4 is 27.9 Å². The van der Waals surface area contributed by atoms with Gasteiger partial charge in [-0.25, -0.2) is 19.3 Å². The summed E-state index contributed by atoms with van der Waals surface area (Å²) in [6.07, 6.45) is 14.3. The Hall–Kier alpha value is -3.19. The third-order valence-corrected chi connectivity index (χ3v) is 7.63. The molecule has 4 aromatic heterocycles. The molecule has 7 heteroatoms. The molecular weight excluding hydrogens is 438 g/mol. The van der Waals surface area contributed by atoms with Crippen molar-refractivity contribution in [1.29, 1.82) is 0 Å². The van der Waals surface area contributed by atoms with Crippen LogP contribution in [-0.2, 0) is 11.3 Å². The van der Waals surface area contributed by atoms with Crippen LogP contribution in [0.4, 0.5) is 0 Å². The molecule has 0 saturated carbocycles. The molecule has 35 heavy (non-hydrogen) atoms. The summed E-state index contributed by atoms with van der Waals surface area (Å²) in [6.45, 7) is 6.64. The Morgan fingerprint density at radius 3 is 2.69 bits per heavy atom. The van der Waals surface area contributed by atoms with Crippen molar-refractivity contribution < 1.29 is 4.74 Å². The largest absolute Gasteiger partial charge is 0.381 e. The van der Waals surface area contributed by atoms with E-state index in [4.69, 9.17) is 9.72 Å². The zero-order valence-corrected chi connectivity index (χ0v) is 20.6. The van der Waals surface area contributed by atoms with Gasteiger partial charge in [0.1, 0.15) is 5.65 Å². The normalized spacial score (nSPS) is 17.5. The number of ether oxygens (including phenoxy) is 1. The van der Waals surface area contributed by atoms with Crippen molar-refractivity contribution in [3.05, 3.63) is 52.8 Å². The summed E-state index contributed by atoms with van der Waals surface area (Å²) in [5.74, 6) is 0.847. The van der Waals surface area contributed by atoms with Crippen LogP contribution in [0, 0.1) is 5.92 Å². The summed E-state index contributed by atoms with van der Waals surface area (Å²) in [5.41, 5.74) is 6.95. The van der Waals surface area contributed by atoms with Crippen molar-refractivity contribution in [2.45, 2.75) is 64.8 Å². The lowest BCUT2D eigenvalue weighted by atomic mass is 10.00. The minimum Gasteiger partial charge on any atom is -0.381 e. The van der Waals surface area contributed by atoms with Crippen LogP contribution in [0.5, 0.6) is 0 Å². The van der Waals surface area contributed by atoms with Gasteiger partial charge in [-0.1, -0.05) is 19.9 Å². The molecule has 1 saturated heterocycles. The second-order valence-corrected chi connectivity index (χ2v) is 10.3. The molecule has 182 valence electrons. The van der Waals surface area contributed by atoms with Gasteiger partial charge in [0.2, 0.25) is 0 Å². The first-order valence-electron chi connectivity index (χ1n) is 13.0. The maximum Gasteiger partial charge on any atom is 0.334 e. The molecule has 5 heterocycles. The van der Waals surface area contributed by atoms with Gasteiger partial charge in [0, 0.05) is 60.6 Å². The average molecular weight is 472 g/mol. The van der Waals surface area contributed by atoms with Gasteiger partial charge in [-0.3, -0.25) is 4.57 Å². The Bertz CT molecular complexity index is 1470. The molecule has 2 aliphatic rings. The number of rotatable bonds is 5. The first kappa shape index (κ1) is 22.3. The minimum atomic E-state index is 0.0330. The molecule has 6 rings (SSSR count). The van der Waals surface area contributed by atoms with Crippen molar-refractivity contribution in [3.8, 4) is 11.1 Å². The molecule has 4 aromatic rings. The van der Waals surface area contributed by atoms with Gasteiger partial charge in [-0.2, -0.15) is 0 Å². The summed E-state index contributed by atoms with van der Waals surface area (Å²) in [4.78, 5) is 26.6. The molecule has 1 aliphatic heterocycles. The maximum atomic E-state index is 13.8. The van der Waals surface area contributed by atoms with E-state index < -0.39 is 0 Å². The van der Waals surface area contributed by atoms with E-state index in [0.717, 1.165) is 84.3 Å². The SMILES string of the molecule is CC(C)c1c[nH]c2ncc(-c3cnc4c(c3)n(CC3CCOCC3)c(=O)n4C3=CCCCC3)cc12. The average Bonchev–Trinajstić information content (AvgIpc) is 3.43. The van der Waals surface area contributed by atoms with Gasteiger partial charge in [0.05, 0.1) is 5.52 Å². The molecule has 7 nitrogen and oxygen atoms in total. The number of pyridine rings is 2. The molecule has 1 aliphatic carbocycles. The highest BCUT2D eigenvalue weighted by atomic mass is 16.5. The fourth-order valence-corrected chi connectivity index (χ4v) is 5.60. The monoisotopic (exact) mass is 471 g/mol. The van der Waals surface area contributed by atoms with Gasteiger partial charge < -0.3 is 9.72 Å². The number of fused-ring (bicyclic) bond motifs is 2. The molecule has 0 amide bonds. The van der Waals surface area contributed by atoms with Gasteiger partial charge in [-0.05, 0) is 68.1 Å². The topological polar surface area (TPSA) is 77.7 Å². The number of hydrogen-bond donors (Lipinski definition) is 1. The summed E-state index contributed by atoms with van der Waals surface area (Å²) in [5, 5.41) is 1.14. The minimum absolute atomic E-state index is 0.0330. The van der Waals surface area contributed by atoms with Crippen LogP contribution in [0.2, 0.25) is 0 Å². The Kier molecular flexibility index (Phi) is 5.80. The molecule has 0 atom stereocenters. The Balaban J connectivity index is 1.49. The van der Waals surface area contributed by atoms with Crippen LogP contribution in [0.1, 0.15) is 63.9 Å². The third-order valence-electron chi connectivity index (χ3n) is 7.63. The molecule has 1 N–H and O–H groups in total. The molecule has 0 bridgehead atoms. The predicted octanol–water partition coefficient (Wildman–Crippen LogP) is 5.71. The zero-order chi connectivity index (χ0) is 23.9. The van der Waals surface area contributed by atoms with Crippen molar-refractivity contribution in [2.24, 2.45) is 5.92 Å². The van der Waals surface area contributed by atoms with Crippen molar-refractivity contribution in [2.75, 3.05) is 13.2 Å². The second-order valence-electron chi connectivity index (χ2n) is 10.3. The summed E-state index contributed by atoms with van der Waals surface area (Å²) in [6, 6.07) is 4.33. The number of allylic oxidation sites excluding steroid dienone is 2. The van der Waals surface area contributed by atoms with Crippen LogP contribution in [0.3, 0.4) is 0 Å². The van der Waals surface area contributed by atoms with E-state index in [1.807, 2.05) is 21.5 Å². The van der Waals surface area contributed by atoms with E-state index in [1.165, 1.54) is 12.0 Å². The zero-order valence-electron chi connectivity index (χ0n) is 20.6. The van der Waals surface area contributed by atoms with E-state index in [9.17, 15) is 4.79 Å². The molecular formula is C28H33N5O2. The van der Waals surface area contributed by atoms with Crippen LogP contribution in [0.25, 0.3) is 39.0 Å². The second kappa shape index (κ2) is 9.11. The quantitative estimate of drug-likeness (QED) is 0.405. The van der Waals surface area contributed by atoms with Crippen molar-refractivity contribution in [1.82, 2.24) is 24.1 Å². The van der Waals surface area contributed by atoms with Crippen LogP contribution in [0.15, 0.2) is 41.6 Å². The Labute approximate surface area is 204 Å². The molecule has 0 spiro atoms. The Morgan fingerprint density at radius 2 is 1.91 bits per heavy atom. The highest BCUT2D eigenvalue weighted by Gasteiger charge is 2.23. The van der Waals surface area contributed by atoms with E-state index in [2.05, 4.69) is 48.2 Å². The fourth-order valence-electron chi connectivity index (χ4n) is 5.60. The number of hydrogen-bond acceptors (Lipinski definition) is 4. The number of nitrogens with one attached hydrogen (secondary N) is 1. The highest BCUT2D eigenvalue weighted by Crippen LogP contribution is 2.31. The fraction of sp³-hybridized carbons (Fsp3) is 0.464. The van der Waals surface area contributed by atoms with E-state index in [1.54, 1.807) is 0 Å². The molecule has 0 radical (unpaired) electrons. The molecule has 0 unspecified atom stereocenters. The van der Waals surface area contributed by atoms with Gasteiger partial charge in [-0.15, -0.1) is 0 Å². The third kappa shape index (κ3) is 4.01. The van der Waals surface area contributed by atoms with E-state index >= 15 is 0 Å². The number of aromatic amines is 1. The van der Waals surface area contributed by atoms with Crippen LogP contribution in [-0.4, -0.2) is 37.3 Å². The summed E-state index contributed by atoms with van der Waals surface area (Å²) < 4.78 is 9.38. The van der Waals surface area contributed by atoms with E-state index in [0.29, 0.717) is 18.4 Å². The summed E-state index contributed by atoms with van der Waals surface area (Å²) in [7, 11) is 0. The lowest BCUT2D eigenvalue weighted by Crippen LogP contribution is -2.29. The maximum absolute atomic E-state index is 13.8. The number of imidazole rings is 1. The number of H-pyrrole nitrogens is 1. The molecule has 1 fully saturated rings. The van der Waals surface area contributed by atoms with E-state index in [-0.39, 0.29) is 5.69 Å². The smallest absolute Gasteiger partial charge is 0.334 e. The van der Waals surface area contributed by atoms with Crippen LogP contribution < -0.4 is 5.69 Å². The summed E-state index contributed by atoms with van der Waals surface area (Å²) >= 11 is 0. The van der Waals surface area contributed by atoms with Crippen LogP contribution >= 0.6 is 0 Å². The predicted molar refractivity (Wildman–Crippen MR) is 139 cm³/mol. The molecule has 0 aromatic carbocycles. The number of aromatic nitrogens is 5. The first-order valence-corrected chi connectivity index (χ1v) is 13.0. The first-order chi connectivity index (χ1) is 17.1. The number of nitrogens with zero attached hydrogens (tertiary/aromatic N) is 4. The van der Waals surface area contributed by atoms with Gasteiger partial charge in [0.25, 0.3) is 0 Å². The lowest BCUT2D eigenvalue weighted by molar-refractivity contribution is 0.0613.